The molecule has 0 radical (unpaired) electrons. The summed E-state index contributed by atoms with van der Waals surface area (Å²) < 4.78 is 5.07. The van der Waals surface area contributed by atoms with E-state index in [0.717, 1.165) is 5.56 Å². The first-order valence-corrected chi connectivity index (χ1v) is 4.14. The Hall–Kier alpha value is -1.46. The zero-order valence-corrected chi connectivity index (χ0v) is 7.88. The Bertz CT molecular complexity index is 289. The van der Waals surface area contributed by atoms with Crippen LogP contribution >= 0.6 is 0 Å². The fraction of sp³-hybridized carbons (Fsp3) is 0.333. The number of carbonyl (C=O) groups is 1. The summed E-state index contributed by atoms with van der Waals surface area (Å²) in [6, 6.07) is 3.60. The van der Waals surface area contributed by atoms with Crippen LogP contribution in [0.5, 0.6) is 0 Å². The Morgan fingerprint density at radius 2 is 2.21 bits per heavy atom. The van der Waals surface area contributed by atoms with Crippen LogP contribution < -0.4 is 0 Å². The average molecular weight is 196 g/mol. The van der Waals surface area contributed by atoms with E-state index in [9.17, 15) is 4.79 Å². The highest BCUT2D eigenvalue weighted by molar-refractivity contribution is 5.71. The first-order valence-electron chi connectivity index (χ1n) is 4.14. The van der Waals surface area contributed by atoms with E-state index in [-0.39, 0.29) is 6.73 Å². The zero-order valence-electron chi connectivity index (χ0n) is 7.88. The summed E-state index contributed by atoms with van der Waals surface area (Å²) >= 11 is 0. The number of carbonyl (C=O) groups excluding carboxylic acids is 1. The fourth-order valence-corrected chi connectivity index (χ4v) is 0.820. The van der Waals surface area contributed by atoms with Crippen molar-refractivity contribution in [3.05, 3.63) is 30.1 Å². The minimum Gasteiger partial charge on any atom is -0.354 e. The van der Waals surface area contributed by atoms with Gasteiger partial charge in [-0.3, -0.25) is 15.0 Å². The van der Waals surface area contributed by atoms with E-state index in [4.69, 9.17) is 9.94 Å². The summed E-state index contributed by atoms with van der Waals surface area (Å²) in [6.45, 7) is 1.47. The van der Waals surface area contributed by atoms with Crippen molar-refractivity contribution < 1.29 is 14.7 Å². The van der Waals surface area contributed by atoms with E-state index in [0.29, 0.717) is 11.7 Å². The Balaban J connectivity index is 2.26. The lowest BCUT2D eigenvalue weighted by atomic mass is 10.3. The second-order valence-corrected chi connectivity index (χ2v) is 2.75. The van der Waals surface area contributed by atoms with Gasteiger partial charge in [-0.1, -0.05) is 0 Å². The standard InChI is InChI=1S/C9H12N2O3/c1-8(12)11(13)7-14-6-9-2-4-10-5-3-9/h2-5,13H,6-7H2,1H3. The van der Waals surface area contributed by atoms with Gasteiger partial charge in [0.15, 0.2) is 0 Å². The van der Waals surface area contributed by atoms with Gasteiger partial charge in [-0.25, -0.2) is 0 Å². The largest absolute Gasteiger partial charge is 0.354 e. The molecule has 0 unspecified atom stereocenters. The SMILES string of the molecule is CC(=O)N(O)COCc1ccncc1. The lowest BCUT2D eigenvalue weighted by molar-refractivity contribution is -0.186. The molecule has 0 spiro atoms. The van der Waals surface area contributed by atoms with Gasteiger partial charge in [-0.05, 0) is 17.7 Å². The van der Waals surface area contributed by atoms with Gasteiger partial charge in [-0.2, -0.15) is 5.06 Å². The maximum absolute atomic E-state index is 10.6. The lowest BCUT2D eigenvalue weighted by Crippen LogP contribution is -2.27. The summed E-state index contributed by atoms with van der Waals surface area (Å²) in [5.41, 5.74) is 0.942. The molecule has 1 rings (SSSR count). The topological polar surface area (TPSA) is 62.7 Å². The number of rotatable bonds is 4. The van der Waals surface area contributed by atoms with Crippen molar-refractivity contribution in [3.8, 4) is 0 Å². The van der Waals surface area contributed by atoms with Crippen LogP contribution in [0.1, 0.15) is 12.5 Å². The third-order valence-electron chi connectivity index (χ3n) is 1.60. The van der Waals surface area contributed by atoms with Gasteiger partial charge in [0.25, 0.3) is 0 Å². The summed E-state index contributed by atoms with van der Waals surface area (Å²) in [4.78, 5) is 14.4. The number of pyridine rings is 1. The number of amides is 1. The number of hydroxylamine groups is 2. The van der Waals surface area contributed by atoms with E-state index in [1.807, 2.05) is 0 Å². The molecule has 0 saturated heterocycles. The van der Waals surface area contributed by atoms with E-state index in [2.05, 4.69) is 4.98 Å². The van der Waals surface area contributed by atoms with E-state index < -0.39 is 5.91 Å². The second kappa shape index (κ2) is 5.31. The van der Waals surface area contributed by atoms with Gasteiger partial charge in [0.05, 0.1) is 6.61 Å². The minimum absolute atomic E-state index is 0.127. The predicted molar refractivity (Wildman–Crippen MR) is 48.2 cm³/mol. The smallest absolute Gasteiger partial charge is 0.245 e. The van der Waals surface area contributed by atoms with Crippen LogP contribution in [0.4, 0.5) is 0 Å². The molecule has 1 heterocycles. The van der Waals surface area contributed by atoms with E-state index in [1.165, 1.54) is 6.92 Å². The van der Waals surface area contributed by atoms with Gasteiger partial charge in [-0.15, -0.1) is 0 Å². The number of hydrogen-bond acceptors (Lipinski definition) is 4. The highest BCUT2D eigenvalue weighted by Gasteiger charge is 2.03. The summed E-state index contributed by atoms with van der Waals surface area (Å²) in [6.07, 6.45) is 3.31. The number of nitrogens with zero attached hydrogens (tertiary/aromatic N) is 2. The van der Waals surface area contributed by atoms with Gasteiger partial charge < -0.3 is 4.74 Å². The van der Waals surface area contributed by atoms with Crippen molar-refractivity contribution in [2.75, 3.05) is 6.73 Å². The monoisotopic (exact) mass is 196 g/mol. The highest BCUT2D eigenvalue weighted by Crippen LogP contribution is 1.98. The van der Waals surface area contributed by atoms with Gasteiger partial charge in [0.1, 0.15) is 6.73 Å². The van der Waals surface area contributed by atoms with Crippen LogP contribution in [0.2, 0.25) is 0 Å². The molecule has 0 aliphatic rings. The molecule has 0 aliphatic carbocycles. The lowest BCUT2D eigenvalue weighted by Gasteiger charge is -2.12. The van der Waals surface area contributed by atoms with Crippen LogP contribution in [0, 0.1) is 0 Å². The maximum atomic E-state index is 10.6. The molecular formula is C9H12N2O3. The van der Waals surface area contributed by atoms with Crippen LogP contribution in [0.3, 0.4) is 0 Å². The third-order valence-corrected chi connectivity index (χ3v) is 1.60. The summed E-state index contributed by atoms with van der Waals surface area (Å²) in [5, 5.41) is 9.47. The molecule has 0 fully saturated rings. The normalized spacial score (nSPS) is 9.86. The molecule has 76 valence electrons. The molecule has 1 aromatic heterocycles. The second-order valence-electron chi connectivity index (χ2n) is 2.75. The van der Waals surface area contributed by atoms with Crippen molar-refractivity contribution in [1.29, 1.82) is 0 Å². The molecule has 14 heavy (non-hydrogen) atoms. The van der Waals surface area contributed by atoms with Crippen LogP contribution in [-0.4, -0.2) is 27.9 Å². The number of aromatic nitrogens is 1. The molecular weight excluding hydrogens is 184 g/mol. The molecule has 1 N–H and O–H groups in total. The fourth-order valence-electron chi connectivity index (χ4n) is 0.820. The summed E-state index contributed by atoms with van der Waals surface area (Å²) in [7, 11) is 0. The molecule has 0 aromatic carbocycles. The van der Waals surface area contributed by atoms with Crippen molar-refractivity contribution in [3.63, 3.8) is 0 Å². The van der Waals surface area contributed by atoms with Crippen molar-refractivity contribution >= 4 is 5.91 Å². The van der Waals surface area contributed by atoms with Gasteiger partial charge in [0.2, 0.25) is 5.91 Å². The first kappa shape index (κ1) is 10.6. The zero-order chi connectivity index (χ0) is 10.4. The molecule has 1 aromatic rings. The Morgan fingerprint density at radius 1 is 1.57 bits per heavy atom. The van der Waals surface area contributed by atoms with Gasteiger partial charge in [0, 0.05) is 19.3 Å². The van der Waals surface area contributed by atoms with E-state index in [1.54, 1.807) is 24.5 Å². The molecule has 1 amide bonds. The highest BCUT2D eigenvalue weighted by atomic mass is 16.6. The number of ether oxygens (including phenoxy) is 1. The Morgan fingerprint density at radius 3 is 2.79 bits per heavy atom. The predicted octanol–water partition coefficient (Wildman–Crippen LogP) is 0.793. The first-order chi connectivity index (χ1) is 6.70. The van der Waals surface area contributed by atoms with Crippen LogP contribution in [0.25, 0.3) is 0 Å². The van der Waals surface area contributed by atoms with Crippen molar-refractivity contribution in [2.45, 2.75) is 13.5 Å². The molecule has 5 heteroatoms. The van der Waals surface area contributed by atoms with Crippen LogP contribution in [-0.2, 0) is 16.1 Å². The molecule has 5 nitrogen and oxygen atoms in total. The average Bonchev–Trinajstić information content (AvgIpc) is 2.19. The molecule has 0 atom stereocenters. The van der Waals surface area contributed by atoms with E-state index >= 15 is 0 Å². The summed E-state index contributed by atoms with van der Waals surface area (Å²) in [5.74, 6) is -0.445. The number of hydrogen-bond donors (Lipinski definition) is 1. The van der Waals surface area contributed by atoms with Crippen molar-refractivity contribution in [2.24, 2.45) is 0 Å². The van der Waals surface area contributed by atoms with Crippen molar-refractivity contribution in [1.82, 2.24) is 10.0 Å². The maximum Gasteiger partial charge on any atom is 0.245 e. The quantitative estimate of drug-likeness (QED) is 0.439. The van der Waals surface area contributed by atoms with Gasteiger partial charge >= 0.3 is 0 Å². The Labute approximate surface area is 81.9 Å². The third kappa shape index (κ3) is 3.51. The molecule has 0 aliphatic heterocycles. The molecule has 0 bridgehead atoms. The minimum atomic E-state index is -0.445. The Kier molecular flexibility index (Phi) is 4.03. The molecule has 0 saturated carbocycles. The van der Waals surface area contributed by atoms with Crippen LogP contribution in [0.15, 0.2) is 24.5 Å².